The zero-order valence-electron chi connectivity index (χ0n) is 17.5. The van der Waals surface area contributed by atoms with Crippen molar-refractivity contribution in [2.24, 2.45) is 0 Å². The fraction of sp³-hybridized carbons (Fsp3) is 0.273. The highest BCUT2D eigenvalue weighted by Gasteiger charge is 2.18. The van der Waals surface area contributed by atoms with Gasteiger partial charge in [0.05, 0.1) is 11.4 Å². The second-order valence-electron chi connectivity index (χ2n) is 7.42. The van der Waals surface area contributed by atoms with Crippen LogP contribution in [0.15, 0.2) is 48.5 Å². The summed E-state index contributed by atoms with van der Waals surface area (Å²) in [5, 5.41) is 4.27. The highest BCUT2D eigenvalue weighted by atomic mass is 35.5. The van der Waals surface area contributed by atoms with E-state index < -0.39 is 10.0 Å². The standard InChI is InChI=1S/C22H24ClN3O3S2/c1-14(2)26-31(28,29)13-18-7-5-4-6-17(18)12-24-21(27)20-15(3)25-22(30-20)16-8-10-19(23)11-9-16/h4-11,14,26H,12-13H2,1-3H3,(H,24,27). The zero-order chi connectivity index (χ0) is 22.6. The van der Waals surface area contributed by atoms with Crippen molar-refractivity contribution in [1.29, 1.82) is 0 Å². The molecule has 0 saturated carbocycles. The molecule has 0 atom stereocenters. The van der Waals surface area contributed by atoms with Gasteiger partial charge in [-0.25, -0.2) is 18.1 Å². The number of aromatic nitrogens is 1. The number of amides is 1. The number of carbonyl (C=O) groups is 1. The van der Waals surface area contributed by atoms with Crippen LogP contribution in [0.4, 0.5) is 0 Å². The summed E-state index contributed by atoms with van der Waals surface area (Å²) >= 11 is 7.25. The van der Waals surface area contributed by atoms with E-state index in [0.717, 1.165) is 16.1 Å². The van der Waals surface area contributed by atoms with Crippen LogP contribution in [-0.4, -0.2) is 25.4 Å². The number of nitrogens with zero attached hydrogens (tertiary/aromatic N) is 1. The number of hydrogen-bond donors (Lipinski definition) is 2. The van der Waals surface area contributed by atoms with Crippen molar-refractivity contribution in [3.8, 4) is 10.6 Å². The summed E-state index contributed by atoms with van der Waals surface area (Å²) in [5.41, 5.74) is 2.94. The SMILES string of the molecule is Cc1nc(-c2ccc(Cl)cc2)sc1C(=O)NCc1ccccc1CS(=O)(=O)NC(C)C. The molecule has 0 unspecified atom stereocenters. The van der Waals surface area contributed by atoms with Gasteiger partial charge in [-0.3, -0.25) is 4.79 Å². The van der Waals surface area contributed by atoms with Gasteiger partial charge in [-0.15, -0.1) is 11.3 Å². The lowest BCUT2D eigenvalue weighted by Gasteiger charge is -2.13. The summed E-state index contributed by atoms with van der Waals surface area (Å²) in [6.07, 6.45) is 0. The highest BCUT2D eigenvalue weighted by molar-refractivity contribution is 7.88. The molecule has 0 spiro atoms. The van der Waals surface area contributed by atoms with Gasteiger partial charge >= 0.3 is 0 Å². The molecular weight excluding hydrogens is 454 g/mol. The van der Waals surface area contributed by atoms with E-state index in [1.807, 2.05) is 24.3 Å². The molecule has 0 bridgehead atoms. The third kappa shape index (κ3) is 6.36. The lowest BCUT2D eigenvalue weighted by atomic mass is 10.1. The maximum Gasteiger partial charge on any atom is 0.263 e. The van der Waals surface area contributed by atoms with E-state index in [-0.39, 0.29) is 24.2 Å². The van der Waals surface area contributed by atoms with Gasteiger partial charge in [0.2, 0.25) is 10.0 Å². The Morgan fingerprint density at radius 3 is 2.39 bits per heavy atom. The van der Waals surface area contributed by atoms with Crippen LogP contribution >= 0.6 is 22.9 Å². The topological polar surface area (TPSA) is 88.2 Å². The van der Waals surface area contributed by atoms with Gasteiger partial charge in [0.25, 0.3) is 5.91 Å². The number of carbonyl (C=O) groups excluding carboxylic acids is 1. The smallest absolute Gasteiger partial charge is 0.263 e. The van der Waals surface area contributed by atoms with Crippen LogP contribution in [0, 0.1) is 6.92 Å². The Labute approximate surface area is 191 Å². The van der Waals surface area contributed by atoms with E-state index in [0.29, 0.717) is 21.2 Å². The third-order valence-corrected chi connectivity index (χ3v) is 7.39. The van der Waals surface area contributed by atoms with Crippen molar-refractivity contribution in [2.45, 2.75) is 39.1 Å². The minimum Gasteiger partial charge on any atom is -0.347 e. The van der Waals surface area contributed by atoms with Crippen LogP contribution < -0.4 is 10.0 Å². The maximum absolute atomic E-state index is 12.8. The van der Waals surface area contributed by atoms with Crippen molar-refractivity contribution in [1.82, 2.24) is 15.0 Å². The molecule has 1 aromatic heterocycles. The Morgan fingerprint density at radius 2 is 1.74 bits per heavy atom. The van der Waals surface area contributed by atoms with Crippen LogP contribution in [0.3, 0.4) is 0 Å². The molecule has 0 saturated heterocycles. The number of sulfonamides is 1. The molecule has 3 rings (SSSR count). The first-order valence-corrected chi connectivity index (χ1v) is 12.6. The van der Waals surface area contributed by atoms with Crippen molar-refractivity contribution in [2.75, 3.05) is 0 Å². The first kappa shape index (κ1) is 23.4. The number of halogens is 1. The fourth-order valence-corrected chi connectivity index (χ4v) is 5.66. The number of rotatable bonds is 8. The maximum atomic E-state index is 12.8. The van der Waals surface area contributed by atoms with Crippen molar-refractivity contribution in [3.63, 3.8) is 0 Å². The molecule has 2 N–H and O–H groups in total. The first-order valence-electron chi connectivity index (χ1n) is 9.73. The predicted octanol–water partition coefficient (Wildman–Crippen LogP) is 4.53. The minimum atomic E-state index is -3.46. The van der Waals surface area contributed by atoms with E-state index in [2.05, 4.69) is 15.0 Å². The summed E-state index contributed by atoms with van der Waals surface area (Å²) in [4.78, 5) is 17.8. The average Bonchev–Trinajstić information content (AvgIpc) is 3.08. The van der Waals surface area contributed by atoms with Gasteiger partial charge in [-0.05, 0) is 44.0 Å². The van der Waals surface area contributed by atoms with Crippen LogP contribution in [0.5, 0.6) is 0 Å². The van der Waals surface area contributed by atoms with Gasteiger partial charge in [0, 0.05) is 23.2 Å². The van der Waals surface area contributed by atoms with Gasteiger partial charge in [0.15, 0.2) is 0 Å². The van der Waals surface area contributed by atoms with Gasteiger partial charge in [-0.2, -0.15) is 0 Å². The Bertz CT molecular complexity index is 1170. The molecule has 0 aliphatic carbocycles. The molecule has 0 aliphatic rings. The second-order valence-corrected chi connectivity index (χ2v) is 10.6. The largest absolute Gasteiger partial charge is 0.347 e. The zero-order valence-corrected chi connectivity index (χ0v) is 19.9. The molecule has 164 valence electrons. The number of thiazole rings is 1. The number of hydrogen-bond acceptors (Lipinski definition) is 5. The van der Waals surface area contributed by atoms with Gasteiger partial charge < -0.3 is 5.32 Å². The first-order chi connectivity index (χ1) is 14.6. The number of aryl methyl sites for hydroxylation is 1. The molecule has 6 nitrogen and oxygen atoms in total. The lowest BCUT2D eigenvalue weighted by Crippen LogP contribution is -2.31. The Hall–Kier alpha value is -2.26. The number of benzene rings is 2. The summed E-state index contributed by atoms with van der Waals surface area (Å²) in [6, 6.07) is 14.3. The van der Waals surface area contributed by atoms with Crippen LogP contribution in [-0.2, 0) is 22.3 Å². The molecule has 9 heteroatoms. The summed E-state index contributed by atoms with van der Waals surface area (Å²) in [7, 11) is -3.46. The predicted molar refractivity (Wildman–Crippen MR) is 126 cm³/mol. The molecule has 31 heavy (non-hydrogen) atoms. The van der Waals surface area contributed by atoms with E-state index in [1.165, 1.54) is 11.3 Å². The average molecular weight is 478 g/mol. The second kappa shape index (κ2) is 9.91. The van der Waals surface area contributed by atoms with Crippen LogP contribution in [0.1, 0.15) is 40.3 Å². The molecule has 1 amide bonds. The van der Waals surface area contributed by atoms with Crippen molar-refractivity contribution in [3.05, 3.63) is 75.3 Å². The molecule has 0 aliphatic heterocycles. The molecule has 0 radical (unpaired) electrons. The lowest BCUT2D eigenvalue weighted by molar-refractivity contribution is 0.0954. The summed E-state index contributed by atoms with van der Waals surface area (Å²) in [5.74, 6) is -0.384. The summed E-state index contributed by atoms with van der Waals surface area (Å²) in [6.45, 7) is 5.57. The Kier molecular flexibility index (Phi) is 7.48. The van der Waals surface area contributed by atoms with Gasteiger partial charge in [-0.1, -0.05) is 48.0 Å². The minimum absolute atomic E-state index is 0.141. The fourth-order valence-electron chi connectivity index (χ4n) is 3.06. The molecule has 0 fully saturated rings. The van der Waals surface area contributed by atoms with Gasteiger partial charge in [0.1, 0.15) is 9.88 Å². The van der Waals surface area contributed by atoms with E-state index in [4.69, 9.17) is 11.6 Å². The molecule has 1 heterocycles. The van der Waals surface area contributed by atoms with Crippen molar-refractivity contribution < 1.29 is 13.2 Å². The normalized spacial score (nSPS) is 11.6. The van der Waals surface area contributed by atoms with Crippen LogP contribution in [0.25, 0.3) is 10.6 Å². The summed E-state index contributed by atoms with van der Waals surface area (Å²) < 4.78 is 27.2. The number of nitrogens with one attached hydrogen (secondary N) is 2. The van der Waals surface area contributed by atoms with Crippen molar-refractivity contribution >= 4 is 38.9 Å². The third-order valence-electron chi connectivity index (χ3n) is 4.41. The monoisotopic (exact) mass is 477 g/mol. The van der Waals surface area contributed by atoms with Crippen LogP contribution in [0.2, 0.25) is 5.02 Å². The Balaban J connectivity index is 1.73. The Morgan fingerprint density at radius 1 is 1.10 bits per heavy atom. The van der Waals surface area contributed by atoms with E-state index in [1.54, 1.807) is 45.0 Å². The molecule has 3 aromatic rings. The van der Waals surface area contributed by atoms with E-state index >= 15 is 0 Å². The molecule has 2 aromatic carbocycles. The molecular formula is C22H24ClN3O3S2. The van der Waals surface area contributed by atoms with E-state index in [9.17, 15) is 13.2 Å². The quantitative estimate of drug-likeness (QED) is 0.499. The highest BCUT2D eigenvalue weighted by Crippen LogP contribution is 2.29.